The molecular weight excluding hydrogens is 260 g/mol. The molecule has 0 aliphatic rings. The maximum absolute atomic E-state index is 5.66. The first-order chi connectivity index (χ1) is 10.0. The van der Waals surface area contributed by atoms with Crippen LogP contribution in [0.25, 0.3) is 0 Å². The van der Waals surface area contributed by atoms with Gasteiger partial charge in [0, 0.05) is 18.8 Å². The van der Waals surface area contributed by atoms with Gasteiger partial charge in [-0.05, 0) is 57.0 Å². The van der Waals surface area contributed by atoms with Crippen molar-refractivity contribution in [3.8, 4) is 5.75 Å². The molecule has 1 aromatic carbocycles. The van der Waals surface area contributed by atoms with E-state index in [0.29, 0.717) is 0 Å². The van der Waals surface area contributed by atoms with E-state index < -0.39 is 0 Å². The molecule has 1 heterocycles. The van der Waals surface area contributed by atoms with Gasteiger partial charge in [0.2, 0.25) is 0 Å². The van der Waals surface area contributed by atoms with Crippen molar-refractivity contribution in [2.75, 3.05) is 0 Å². The molecule has 1 aromatic heterocycles. The third kappa shape index (κ3) is 4.87. The van der Waals surface area contributed by atoms with Gasteiger partial charge in [-0.2, -0.15) is 0 Å². The summed E-state index contributed by atoms with van der Waals surface area (Å²) in [6.07, 6.45) is 2.11. The fourth-order valence-electron chi connectivity index (χ4n) is 2.09. The maximum Gasteiger partial charge on any atom is 0.119 e. The van der Waals surface area contributed by atoms with Gasteiger partial charge < -0.3 is 10.1 Å². The van der Waals surface area contributed by atoms with Crippen molar-refractivity contribution in [3.05, 3.63) is 59.4 Å². The SMILES string of the molecule is Cc1ccc(CNC(C)c2ccc(OC(C)C)cc2)nc1. The lowest BCUT2D eigenvalue weighted by atomic mass is 10.1. The second-order valence-electron chi connectivity index (χ2n) is 5.67. The summed E-state index contributed by atoms with van der Waals surface area (Å²) in [4.78, 5) is 4.41. The standard InChI is InChI=1S/C18H24N2O/c1-13(2)21-18-9-6-16(7-10-18)15(4)19-12-17-8-5-14(3)11-20-17/h5-11,13,15,19H,12H2,1-4H3. The lowest BCUT2D eigenvalue weighted by Gasteiger charge is -2.15. The van der Waals surface area contributed by atoms with Gasteiger partial charge >= 0.3 is 0 Å². The van der Waals surface area contributed by atoms with Gasteiger partial charge in [-0.15, -0.1) is 0 Å². The molecule has 3 nitrogen and oxygen atoms in total. The number of ether oxygens (including phenoxy) is 1. The van der Waals surface area contributed by atoms with E-state index in [0.717, 1.165) is 18.0 Å². The molecule has 0 aliphatic heterocycles. The van der Waals surface area contributed by atoms with Crippen LogP contribution in [0, 0.1) is 6.92 Å². The Kier molecular flexibility index (Phi) is 5.34. The Morgan fingerprint density at radius 2 is 1.76 bits per heavy atom. The first-order valence-corrected chi connectivity index (χ1v) is 7.46. The third-order valence-electron chi connectivity index (χ3n) is 3.31. The van der Waals surface area contributed by atoms with Crippen molar-refractivity contribution in [1.29, 1.82) is 0 Å². The van der Waals surface area contributed by atoms with Crippen molar-refractivity contribution in [2.24, 2.45) is 0 Å². The van der Waals surface area contributed by atoms with Gasteiger partial charge in [-0.1, -0.05) is 18.2 Å². The average Bonchev–Trinajstić information content (AvgIpc) is 2.46. The van der Waals surface area contributed by atoms with E-state index in [2.05, 4.69) is 41.5 Å². The van der Waals surface area contributed by atoms with Crippen molar-refractivity contribution in [1.82, 2.24) is 10.3 Å². The quantitative estimate of drug-likeness (QED) is 0.869. The van der Waals surface area contributed by atoms with Crippen LogP contribution in [0.3, 0.4) is 0 Å². The molecule has 0 saturated heterocycles. The van der Waals surface area contributed by atoms with E-state index in [1.165, 1.54) is 11.1 Å². The Balaban J connectivity index is 1.90. The van der Waals surface area contributed by atoms with Crippen LogP contribution in [0.1, 0.15) is 43.6 Å². The summed E-state index contributed by atoms with van der Waals surface area (Å²) >= 11 is 0. The molecule has 0 aliphatic carbocycles. The molecule has 0 radical (unpaired) electrons. The van der Waals surface area contributed by atoms with Crippen LogP contribution in [0.4, 0.5) is 0 Å². The third-order valence-corrected chi connectivity index (χ3v) is 3.31. The number of benzene rings is 1. The minimum atomic E-state index is 0.207. The molecule has 0 saturated carbocycles. The highest BCUT2D eigenvalue weighted by atomic mass is 16.5. The molecule has 0 fully saturated rings. The highest BCUT2D eigenvalue weighted by Gasteiger charge is 2.06. The number of pyridine rings is 1. The molecule has 1 N–H and O–H groups in total. The minimum Gasteiger partial charge on any atom is -0.491 e. The van der Waals surface area contributed by atoms with Gasteiger partial charge in [0.25, 0.3) is 0 Å². The Morgan fingerprint density at radius 3 is 2.33 bits per heavy atom. The number of hydrogen-bond donors (Lipinski definition) is 1. The molecule has 3 heteroatoms. The van der Waals surface area contributed by atoms with Gasteiger partial charge in [-0.3, -0.25) is 4.98 Å². The van der Waals surface area contributed by atoms with E-state index >= 15 is 0 Å². The summed E-state index contributed by atoms with van der Waals surface area (Å²) in [5, 5.41) is 3.49. The molecule has 2 aromatic rings. The van der Waals surface area contributed by atoms with Crippen molar-refractivity contribution >= 4 is 0 Å². The predicted octanol–water partition coefficient (Wildman–Crippen LogP) is 4.03. The Labute approximate surface area is 127 Å². The monoisotopic (exact) mass is 284 g/mol. The van der Waals surface area contributed by atoms with Crippen LogP contribution in [0.2, 0.25) is 0 Å². The summed E-state index contributed by atoms with van der Waals surface area (Å²) < 4.78 is 5.66. The summed E-state index contributed by atoms with van der Waals surface area (Å²) in [7, 11) is 0. The largest absolute Gasteiger partial charge is 0.491 e. The molecule has 0 bridgehead atoms. The summed E-state index contributed by atoms with van der Waals surface area (Å²) in [6.45, 7) is 9.05. The highest BCUT2D eigenvalue weighted by molar-refractivity contribution is 5.29. The zero-order valence-electron chi connectivity index (χ0n) is 13.3. The van der Waals surface area contributed by atoms with Gasteiger partial charge in [-0.25, -0.2) is 0 Å². The highest BCUT2D eigenvalue weighted by Crippen LogP contribution is 2.18. The Morgan fingerprint density at radius 1 is 1.05 bits per heavy atom. The first-order valence-electron chi connectivity index (χ1n) is 7.46. The fraction of sp³-hybridized carbons (Fsp3) is 0.389. The fourth-order valence-corrected chi connectivity index (χ4v) is 2.09. The number of rotatable bonds is 6. The predicted molar refractivity (Wildman–Crippen MR) is 86.4 cm³/mol. The second kappa shape index (κ2) is 7.23. The molecule has 112 valence electrons. The van der Waals surface area contributed by atoms with Crippen LogP contribution in [-0.4, -0.2) is 11.1 Å². The molecule has 1 unspecified atom stereocenters. The van der Waals surface area contributed by atoms with E-state index in [-0.39, 0.29) is 12.1 Å². The molecular formula is C18H24N2O. The van der Waals surface area contributed by atoms with Gasteiger partial charge in [0.1, 0.15) is 5.75 Å². The van der Waals surface area contributed by atoms with Crippen LogP contribution in [0.15, 0.2) is 42.6 Å². The lowest BCUT2D eigenvalue weighted by molar-refractivity contribution is 0.242. The molecule has 2 rings (SSSR count). The van der Waals surface area contributed by atoms with Crippen LogP contribution in [0.5, 0.6) is 5.75 Å². The van der Waals surface area contributed by atoms with Crippen LogP contribution in [-0.2, 0) is 6.54 Å². The molecule has 21 heavy (non-hydrogen) atoms. The normalized spacial score (nSPS) is 12.4. The Hall–Kier alpha value is -1.87. The topological polar surface area (TPSA) is 34.1 Å². The molecule has 0 spiro atoms. The number of nitrogens with zero attached hydrogens (tertiary/aromatic N) is 1. The van der Waals surface area contributed by atoms with E-state index in [4.69, 9.17) is 4.74 Å². The number of hydrogen-bond acceptors (Lipinski definition) is 3. The van der Waals surface area contributed by atoms with E-state index in [1.807, 2.05) is 39.1 Å². The second-order valence-corrected chi connectivity index (χ2v) is 5.67. The van der Waals surface area contributed by atoms with E-state index in [9.17, 15) is 0 Å². The van der Waals surface area contributed by atoms with Crippen molar-refractivity contribution < 1.29 is 4.74 Å². The zero-order valence-corrected chi connectivity index (χ0v) is 13.3. The summed E-state index contributed by atoms with van der Waals surface area (Å²) in [5.74, 6) is 0.918. The first kappa shape index (κ1) is 15.5. The smallest absolute Gasteiger partial charge is 0.119 e. The lowest BCUT2D eigenvalue weighted by Crippen LogP contribution is -2.18. The average molecular weight is 284 g/mol. The minimum absolute atomic E-state index is 0.207. The van der Waals surface area contributed by atoms with Crippen LogP contribution >= 0.6 is 0 Å². The summed E-state index contributed by atoms with van der Waals surface area (Å²) in [5.41, 5.74) is 3.50. The Bertz CT molecular complexity index is 546. The van der Waals surface area contributed by atoms with E-state index in [1.54, 1.807) is 0 Å². The summed E-state index contributed by atoms with van der Waals surface area (Å²) in [6, 6.07) is 12.7. The number of aryl methyl sites for hydroxylation is 1. The van der Waals surface area contributed by atoms with Crippen molar-refractivity contribution in [2.45, 2.75) is 46.4 Å². The van der Waals surface area contributed by atoms with Crippen LogP contribution < -0.4 is 10.1 Å². The zero-order chi connectivity index (χ0) is 15.2. The molecule has 1 atom stereocenters. The molecule has 0 amide bonds. The number of aromatic nitrogens is 1. The van der Waals surface area contributed by atoms with Gasteiger partial charge in [0.05, 0.1) is 11.8 Å². The van der Waals surface area contributed by atoms with Gasteiger partial charge in [0.15, 0.2) is 0 Å². The number of nitrogens with one attached hydrogen (secondary N) is 1. The maximum atomic E-state index is 5.66. The van der Waals surface area contributed by atoms with Crippen molar-refractivity contribution in [3.63, 3.8) is 0 Å².